The van der Waals surface area contributed by atoms with E-state index in [1.807, 2.05) is 19.1 Å². The minimum Gasteiger partial charge on any atom is -0.322 e. The van der Waals surface area contributed by atoms with Crippen molar-refractivity contribution in [2.45, 2.75) is 26.3 Å². The zero-order valence-electron chi connectivity index (χ0n) is 9.77. The maximum atomic E-state index is 6.10. The second-order valence-corrected chi connectivity index (χ2v) is 5.69. The molecule has 1 atom stereocenters. The summed E-state index contributed by atoms with van der Waals surface area (Å²) in [7, 11) is 0. The number of aromatic nitrogens is 2. The number of aryl methyl sites for hydroxylation is 2. The summed E-state index contributed by atoms with van der Waals surface area (Å²) in [5, 5.41) is 1.69. The first kappa shape index (κ1) is 12.5. The highest BCUT2D eigenvalue weighted by Gasteiger charge is 2.12. The summed E-state index contributed by atoms with van der Waals surface area (Å²) in [4.78, 5) is 9.95. The van der Waals surface area contributed by atoms with Crippen LogP contribution in [-0.4, -0.2) is 9.97 Å². The van der Waals surface area contributed by atoms with Gasteiger partial charge in [-0.05, 0) is 26.0 Å². The molecule has 0 aliphatic carbocycles. The van der Waals surface area contributed by atoms with Gasteiger partial charge in [-0.15, -0.1) is 11.3 Å². The van der Waals surface area contributed by atoms with Crippen molar-refractivity contribution in [3.05, 3.63) is 44.6 Å². The van der Waals surface area contributed by atoms with E-state index < -0.39 is 0 Å². The van der Waals surface area contributed by atoms with E-state index in [4.69, 9.17) is 17.3 Å². The van der Waals surface area contributed by atoms with E-state index in [0.29, 0.717) is 11.4 Å². The minimum absolute atomic E-state index is 0.128. The normalized spacial score (nSPS) is 12.7. The molecule has 0 saturated heterocycles. The number of nitrogens with zero attached hydrogens (tertiary/aromatic N) is 2. The first-order valence-electron chi connectivity index (χ1n) is 5.36. The van der Waals surface area contributed by atoms with Crippen LogP contribution in [0.2, 0.25) is 5.02 Å². The molecule has 2 rings (SSSR count). The van der Waals surface area contributed by atoms with Crippen LogP contribution in [0.1, 0.15) is 27.3 Å². The molecule has 17 heavy (non-hydrogen) atoms. The van der Waals surface area contributed by atoms with Crippen molar-refractivity contribution in [2.24, 2.45) is 5.73 Å². The van der Waals surface area contributed by atoms with Gasteiger partial charge in [0.05, 0.1) is 27.5 Å². The van der Waals surface area contributed by atoms with Crippen LogP contribution in [0.25, 0.3) is 0 Å². The van der Waals surface area contributed by atoms with Gasteiger partial charge >= 0.3 is 0 Å². The van der Waals surface area contributed by atoms with Crippen molar-refractivity contribution in [1.29, 1.82) is 0 Å². The van der Waals surface area contributed by atoms with E-state index in [1.54, 1.807) is 17.5 Å². The third kappa shape index (κ3) is 3.03. The molecular weight excluding hydrogens is 254 g/mol. The number of hydrogen-bond donors (Lipinski definition) is 1. The number of hydrogen-bond acceptors (Lipinski definition) is 4. The fraction of sp³-hybridized carbons (Fsp3) is 0.333. The lowest BCUT2D eigenvalue weighted by molar-refractivity contribution is 0.692. The van der Waals surface area contributed by atoms with Gasteiger partial charge in [0, 0.05) is 17.5 Å². The van der Waals surface area contributed by atoms with Crippen LogP contribution in [0, 0.1) is 13.8 Å². The van der Waals surface area contributed by atoms with Gasteiger partial charge in [-0.25, -0.2) is 4.98 Å². The van der Waals surface area contributed by atoms with Crippen molar-refractivity contribution < 1.29 is 0 Å². The van der Waals surface area contributed by atoms with Crippen LogP contribution in [0.15, 0.2) is 18.3 Å². The molecule has 0 bridgehead atoms. The number of pyridine rings is 1. The van der Waals surface area contributed by atoms with Crippen molar-refractivity contribution in [3.63, 3.8) is 0 Å². The first-order chi connectivity index (χ1) is 8.06. The van der Waals surface area contributed by atoms with Gasteiger partial charge in [-0.1, -0.05) is 11.6 Å². The highest BCUT2D eigenvalue weighted by atomic mass is 35.5. The SMILES string of the molecule is Cc1nc(CC(N)c2ccc(Cl)cn2)sc1C. The molecule has 2 aromatic rings. The van der Waals surface area contributed by atoms with E-state index in [2.05, 4.69) is 16.9 Å². The summed E-state index contributed by atoms with van der Waals surface area (Å²) in [6.07, 6.45) is 2.34. The fourth-order valence-corrected chi connectivity index (χ4v) is 2.63. The summed E-state index contributed by atoms with van der Waals surface area (Å²) in [5.41, 5.74) is 8.03. The van der Waals surface area contributed by atoms with Crippen LogP contribution < -0.4 is 5.73 Å². The Kier molecular flexibility index (Phi) is 3.76. The summed E-state index contributed by atoms with van der Waals surface area (Å²) >= 11 is 7.48. The summed E-state index contributed by atoms with van der Waals surface area (Å²) in [6, 6.07) is 3.54. The third-order valence-corrected chi connectivity index (χ3v) is 3.92. The highest BCUT2D eigenvalue weighted by molar-refractivity contribution is 7.11. The summed E-state index contributed by atoms with van der Waals surface area (Å²) < 4.78 is 0. The number of thiazole rings is 1. The highest BCUT2D eigenvalue weighted by Crippen LogP contribution is 2.21. The molecule has 0 saturated carbocycles. The van der Waals surface area contributed by atoms with Crippen molar-refractivity contribution in [3.8, 4) is 0 Å². The zero-order chi connectivity index (χ0) is 12.4. The van der Waals surface area contributed by atoms with Crippen LogP contribution in [0.3, 0.4) is 0 Å². The average Bonchev–Trinajstić information content (AvgIpc) is 2.58. The van der Waals surface area contributed by atoms with Crippen molar-refractivity contribution in [2.75, 3.05) is 0 Å². The second-order valence-electron chi connectivity index (χ2n) is 3.96. The molecule has 0 aromatic carbocycles. The third-order valence-electron chi connectivity index (χ3n) is 2.60. The molecule has 0 fully saturated rings. The standard InChI is InChI=1S/C12H14ClN3S/c1-7-8(2)17-12(16-7)5-10(14)11-4-3-9(13)6-15-11/h3-4,6,10H,5,14H2,1-2H3. The van der Waals surface area contributed by atoms with E-state index in [9.17, 15) is 0 Å². The predicted octanol–water partition coefficient (Wildman–Crippen LogP) is 3.05. The Morgan fingerprint density at radius 1 is 1.41 bits per heavy atom. The quantitative estimate of drug-likeness (QED) is 0.930. The van der Waals surface area contributed by atoms with Gasteiger partial charge in [0.1, 0.15) is 0 Å². The molecule has 0 radical (unpaired) electrons. The molecule has 0 aliphatic heterocycles. The van der Waals surface area contributed by atoms with Gasteiger partial charge < -0.3 is 5.73 Å². The summed E-state index contributed by atoms with van der Waals surface area (Å²) in [6.45, 7) is 4.09. The van der Waals surface area contributed by atoms with Crippen LogP contribution in [-0.2, 0) is 6.42 Å². The van der Waals surface area contributed by atoms with E-state index in [-0.39, 0.29) is 6.04 Å². The lowest BCUT2D eigenvalue weighted by atomic mass is 10.1. The minimum atomic E-state index is -0.128. The Morgan fingerprint density at radius 2 is 2.18 bits per heavy atom. The van der Waals surface area contributed by atoms with Gasteiger partial charge in [0.2, 0.25) is 0 Å². The predicted molar refractivity (Wildman–Crippen MR) is 71.5 cm³/mol. The Balaban J connectivity index is 2.11. The molecule has 2 heterocycles. The number of nitrogens with two attached hydrogens (primary N) is 1. The lowest BCUT2D eigenvalue weighted by Crippen LogP contribution is -2.14. The van der Waals surface area contributed by atoms with Gasteiger partial charge in [0.15, 0.2) is 0 Å². The van der Waals surface area contributed by atoms with Crippen LogP contribution in [0.5, 0.6) is 0 Å². The first-order valence-corrected chi connectivity index (χ1v) is 6.55. The molecule has 0 spiro atoms. The Hall–Kier alpha value is -0.970. The molecule has 90 valence electrons. The molecule has 5 heteroatoms. The van der Waals surface area contributed by atoms with Gasteiger partial charge in [-0.2, -0.15) is 0 Å². The Morgan fingerprint density at radius 3 is 2.71 bits per heavy atom. The average molecular weight is 268 g/mol. The van der Waals surface area contributed by atoms with Crippen LogP contribution >= 0.6 is 22.9 Å². The smallest absolute Gasteiger partial charge is 0.0950 e. The van der Waals surface area contributed by atoms with Gasteiger partial charge in [-0.3, -0.25) is 4.98 Å². The Bertz CT molecular complexity index is 487. The molecule has 3 nitrogen and oxygen atoms in total. The second kappa shape index (κ2) is 5.12. The molecule has 0 aliphatic rings. The molecule has 2 aromatic heterocycles. The lowest BCUT2D eigenvalue weighted by Gasteiger charge is -2.08. The monoisotopic (exact) mass is 267 g/mol. The van der Waals surface area contributed by atoms with E-state index >= 15 is 0 Å². The van der Waals surface area contributed by atoms with Crippen LogP contribution in [0.4, 0.5) is 0 Å². The zero-order valence-corrected chi connectivity index (χ0v) is 11.3. The fourth-order valence-electron chi connectivity index (χ4n) is 1.53. The van der Waals surface area contributed by atoms with Crippen molar-refractivity contribution >= 4 is 22.9 Å². The maximum absolute atomic E-state index is 6.10. The van der Waals surface area contributed by atoms with Gasteiger partial charge in [0.25, 0.3) is 0 Å². The van der Waals surface area contributed by atoms with E-state index in [0.717, 1.165) is 16.4 Å². The molecular formula is C12H14ClN3S. The van der Waals surface area contributed by atoms with E-state index in [1.165, 1.54) is 4.88 Å². The Labute approximate surface area is 110 Å². The molecule has 2 N–H and O–H groups in total. The molecule has 0 amide bonds. The number of halogens is 1. The van der Waals surface area contributed by atoms with Crippen molar-refractivity contribution in [1.82, 2.24) is 9.97 Å². The topological polar surface area (TPSA) is 51.8 Å². The molecule has 1 unspecified atom stereocenters. The number of rotatable bonds is 3. The maximum Gasteiger partial charge on any atom is 0.0950 e. The largest absolute Gasteiger partial charge is 0.322 e. The summed E-state index contributed by atoms with van der Waals surface area (Å²) in [5.74, 6) is 0.